The maximum atomic E-state index is 8.58. The number of primary amides is 1. The number of rotatable bonds is 0. The molecule has 0 aromatic rings. The second kappa shape index (κ2) is 34.2. The van der Waals surface area contributed by atoms with Crippen molar-refractivity contribution in [2.75, 3.05) is 0 Å². The molecular formula is CH5Cl2NO. The molecule has 0 aliphatic heterocycles. The fourth-order valence-corrected chi connectivity index (χ4v) is 0. The van der Waals surface area contributed by atoms with Crippen molar-refractivity contribution in [3.8, 4) is 0 Å². The fourth-order valence-electron chi connectivity index (χ4n) is 0. The lowest BCUT2D eigenvalue weighted by Crippen LogP contribution is -1.82. The number of hydrogen-bond donors (Lipinski definition) is 1. The summed E-state index contributed by atoms with van der Waals surface area (Å²) in [5.74, 6) is 0. The van der Waals surface area contributed by atoms with Crippen LogP contribution in [0.1, 0.15) is 0 Å². The molecule has 0 aromatic carbocycles. The summed E-state index contributed by atoms with van der Waals surface area (Å²) < 4.78 is 0. The molecule has 0 heterocycles. The molecule has 2 N–H and O–H groups in total. The Bertz CT molecular complexity index is 17.1. The largest absolute Gasteiger partial charge is 0.372 e. The van der Waals surface area contributed by atoms with Crippen LogP contribution in [-0.4, -0.2) is 6.41 Å². The van der Waals surface area contributed by atoms with Gasteiger partial charge in [-0.25, -0.2) is 0 Å². The van der Waals surface area contributed by atoms with E-state index in [2.05, 4.69) is 5.73 Å². The summed E-state index contributed by atoms with van der Waals surface area (Å²) in [6.07, 6.45) is 0.250. The summed E-state index contributed by atoms with van der Waals surface area (Å²) in [5, 5.41) is 0. The molecule has 0 rings (SSSR count). The van der Waals surface area contributed by atoms with Gasteiger partial charge in [-0.3, -0.25) is 4.79 Å². The molecular weight excluding hydrogens is 113 g/mol. The molecule has 0 aromatic heterocycles. The zero-order valence-corrected chi connectivity index (χ0v) is 4.01. The smallest absolute Gasteiger partial charge is 0.204 e. The van der Waals surface area contributed by atoms with Crippen LogP contribution in [-0.2, 0) is 4.79 Å². The van der Waals surface area contributed by atoms with Crippen LogP contribution in [0.15, 0.2) is 0 Å². The van der Waals surface area contributed by atoms with Gasteiger partial charge in [0, 0.05) is 0 Å². The summed E-state index contributed by atoms with van der Waals surface area (Å²) in [4.78, 5) is 8.58. The van der Waals surface area contributed by atoms with Gasteiger partial charge in [0.1, 0.15) is 0 Å². The first-order valence-electron chi connectivity index (χ1n) is 0.569. The highest BCUT2D eigenvalue weighted by atomic mass is 35.5. The van der Waals surface area contributed by atoms with Crippen molar-refractivity contribution in [2.45, 2.75) is 0 Å². The van der Waals surface area contributed by atoms with Gasteiger partial charge in [0.25, 0.3) is 0 Å². The summed E-state index contributed by atoms with van der Waals surface area (Å²) in [6.45, 7) is 0. The average Bonchev–Trinajstić information content (AvgIpc) is 0.918. The third-order valence-electron chi connectivity index (χ3n) is 0. The second-order valence-electron chi connectivity index (χ2n) is 0.136. The topological polar surface area (TPSA) is 43.1 Å². The van der Waals surface area contributed by atoms with Crippen molar-refractivity contribution < 1.29 is 4.79 Å². The van der Waals surface area contributed by atoms with E-state index in [1.807, 2.05) is 0 Å². The Hall–Kier alpha value is 0.0500. The molecule has 0 radical (unpaired) electrons. The van der Waals surface area contributed by atoms with Crippen molar-refractivity contribution in [3.05, 3.63) is 0 Å². The molecule has 0 aliphatic carbocycles. The van der Waals surface area contributed by atoms with Crippen LogP contribution < -0.4 is 5.73 Å². The van der Waals surface area contributed by atoms with Gasteiger partial charge in [0.2, 0.25) is 6.41 Å². The van der Waals surface area contributed by atoms with Gasteiger partial charge in [-0.05, 0) is 0 Å². The van der Waals surface area contributed by atoms with E-state index in [0.29, 0.717) is 0 Å². The third kappa shape index (κ3) is 6810. The molecule has 0 fully saturated rings. The first kappa shape index (κ1) is 19.7. The number of nitrogens with two attached hydrogens (primary N) is 1. The van der Waals surface area contributed by atoms with Crippen LogP contribution in [0.5, 0.6) is 0 Å². The van der Waals surface area contributed by atoms with Crippen LogP contribution in [0.2, 0.25) is 0 Å². The summed E-state index contributed by atoms with van der Waals surface area (Å²) in [7, 11) is 0. The van der Waals surface area contributed by atoms with E-state index >= 15 is 0 Å². The summed E-state index contributed by atoms with van der Waals surface area (Å²) in [5.41, 5.74) is 4.17. The highest BCUT2D eigenvalue weighted by Gasteiger charge is 1.19. The number of carbonyl (C=O) groups is 1. The molecule has 5 heavy (non-hydrogen) atoms. The number of carbonyl (C=O) groups excluding carboxylic acids is 1. The van der Waals surface area contributed by atoms with Gasteiger partial charge in [0.15, 0.2) is 0 Å². The molecule has 0 atom stereocenters. The highest BCUT2D eigenvalue weighted by Crippen LogP contribution is 0.799. The van der Waals surface area contributed by atoms with Crippen molar-refractivity contribution in [3.63, 3.8) is 0 Å². The highest BCUT2D eigenvalue weighted by molar-refractivity contribution is 5.85. The van der Waals surface area contributed by atoms with Crippen LogP contribution in [0, 0.1) is 0 Å². The molecule has 0 unspecified atom stereocenters. The van der Waals surface area contributed by atoms with Gasteiger partial charge in [0.05, 0.1) is 0 Å². The maximum Gasteiger partial charge on any atom is 0.204 e. The Kier molecular flexibility index (Phi) is 135. The minimum absolute atomic E-state index is 0. The lowest BCUT2D eigenvalue weighted by molar-refractivity contribution is -0.106. The van der Waals surface area contributed by atoms with E-state index in [4.69, 9.17) is 4.79 Å². The number of hydrogen-bond acceptors (Lipinski definition) is 1. The predicted molar refractivity (Wildman–Crippen MR) is 24.7 cm³/mol. The minimum atomic E-state index is 0. The van der Waals surface area contributed by atoms with E-state index in [9.17, 15) is 0 Å². The average molecular weight is 118 g/mol. The predicted octanol–water partition coefficient (Wildman–Crippen LogP) is -0.0549. The quantitative estimate of drug-likeness (QED) is 0.445. The Labute approximate surface area is 42.5 Å². The molecule has 0 saturated carbocycles. The number of halogens is 2. The van der Waals surface area contributed by atoms with Gasteiger partial charge in [-0.2, -0.15) is 0 Å². The van der Waals surface area contributed by atoms with E-state index in [1.54, 1.807) is 0 Å². The zero-order valence-electron chi connectivity index (χ0n) is 2.38. The summed E-state index contributed by atoms with van der Waals surface area (Å²) in [6, 6.07) is 0. The molecule has 0 aliphatic rings. The van der Waals surface area contributed by atoms with Crippen molar-refractivity contribution in [1.29, 1.82) is 0 Å². The zero-order chi connectivity index (χ0) is 2.71. The van der Waals surface area contributed by atoms with E-state index < -0.39 is 0 Å². The third-order valence-corrected chi connectivity index (χ3v) is 0. The Morgan fingerprint density at radius 2 is 1.40 bits per heavy atom. The minimum Gasteiger partial charge on any atom is -0.372 e. The summed E-state index contributed by atoms with van der Waals surface area (Å²) >= 11 is 0. The van der Waals surface area contributed by atoms with Crippen molar-refractivity contribution >= 4 is 31.2 Å². The standard InChI is InChI=1S/CH3NO.2ClH/c2-1-3;;/h1H,(H2,2,3);2*1H. The van der Waals surface area contributed by atoms with E-state index in [-0.39, 0.29) is 31.2 Å². The molecule has 0 saturated heterocycles. The SMILES string of the molecule is Cl.Cl.NC=O. The van der Waals surface area contributed by atoms with Gasteiger partial charge in [-0.15, -0.1) is 24.8 Å². The van der Waals surface area contributed by atoms with Crippen LogP contribution in [0.25, 0.3) is 0 Å². The Morgan fingerprint density at radius 1 is 1.40 bits per heavy atom. The van der Waals surface area contributed by atoms with E-state index in [1.165, 1.54) is 0 Å². The monoisotopic (exact) mass is 117 g/mol. The van der Waals surface area contributed by atoms with Crippen molar-refractivity contribution in [2.24, 2.45) is 5.73 Å². The first-order valence-corrected chi connectivity index (χ1v) is 0.569. The maximum absolute atomic E-state index is 8.58. The normalized spacial score (nSPS) is 2.40. The fraction of sp³-hybridized carbons (Fsp3) is 0. The lowest BCUT2D eigenvalue weighted by atomic mass is 11.5. The van der Waals surface area contributed by atoms with E-state index in [0.717, 1.165) is 0 Å². The Balaban J connectivity index is -0.0000000200. The van der Waals surface area contributed by atoms with Gasteiger partial charge in [-0.1, -0.05) is 0 Å². The van der Waals surface area contributed by atoms with Crippen molar-refractivity contribution in [1.82, 2.24) is 0 Å². The molecule has 4 heteroatoms. The molecule has 0 bridgehead atoms. The molecule has 0 spiro atoms. The van der Waals surface area contributed by atoms with Crippen LogP contribution in [0.4, 0.5) is 0 Å². The first-order chi connectivity index (χ1) is 1.41. The lowest BCUT2D eigenvalue weighted by Gasteiger charge is -1.32. The van der Waals surface area contributed by atoms with Crippen LogP contribution >= 0.6 is 24.8 Å². The number of amides is 1. The van der Waals surface area contributed by atoms with Gasteiger partial charge < -0.3 is 5.73 Å². The van der Waals surface area contributed by atoms with Gasteiger partial charge >= 0.3 is 0 Å². The molecule has 1 amide bonds. The molecule has 2 nitrogen and oxygen atoms in total. The Morgan fingerprint density at radius 3 is 1.40 bits per heavy atom. The van der Waals surface area contributed by atoms with Crippen LogP contribution in [0.3, 0.4) is 0 Å². The second-order valence-corrected chi connectivity index (χ2v) is 0.136. The molecule has 34 valence electrons.